The smallest absolute Gasteiger partial charge is 0.244 e. The Bertz CT molecular complexity index is 1130. The number of rotatable bonds is 10. The number of nitrogens with one attached hydrogen (secondary N) is 1. The zero-order valence-electron chi connectivity index (χ0n) is 21.0. The molecule has 0 aliphatic rings. The molecular formula is C25H34FN3O5S. The second kappa shape index (κ2) is 11.5. The SMILES string of the molecule is CC[C@H](C(=O)NC(C)(C)C)N(Cc1cccc(OC)c1)C(=O)CN(c1ccc(F)cc1)S(C)(=O)=O. The number of halogens is 1. The minimum absolute atomic E-state index is 0.0626. The number of carbonyl (C=O) groups is 2. The molecule has 2 aromatic rings. The maximum Gasteiger partial charge on any atom is 0.244 e. The molecule has 0 heterocycles. The van der Waals surface area contributed by atoms with Crippen LogP contribution in [0.3, 0.4) is 0 Å². The fourth-order valence-corrected chi connectivity index (χ4v) is 4.41. The molecule has 1 N–H and O–H groups in total. The van der Waals surface area contributed by atoms with E-state index in [1.165, 1.54) is 24.1 Å². The van der Waals surface area contributed by atoms with Crippen LogP contribution in [0.2, 0.25) is 0 Å². The lowest BCUT2D eigenvalue weighted by molar-refractivity contribution is -0.141. The van der Waals surface area contributed by atoms with E-state index in [1.807, 2.05) is 20.8 Å². The molecular weight excluding hydrogens is 473 g/mol. The van der Waals surface area contributed by atoms with Crippen molar-refractivity contribution in [2.75, 3.05) is 24.2 Å². The summed E-state index contributed by atoms with van der Waals surface area (Å²) in [6, 6.07) is 11.1. The molecule has 2 rings (SSSR count). The van der Waals surface area contributed by atoms with Crippen molar-refractivity contribution in [3.05, 3.63) is 59.9 Å². The first kappa shape index (κ1) is 28.1. The Morgan fingerprint density at radius 1 is 1.11 bits per heavy atom. The highest BCUT2D eigenvalue weighted by Gasteiger charge is 2.33. The van der Waals surface area contributed by atoms with Gasteiger partial charge in [0.05, 0.1) is 19.1 Å². The van der Waals surface area contributed by atoms with Crippen LogP contribution in [0, 0.1) is 5.82 Å². The lowest BCUT2D eigenvalue weighted by atomic mass is 10.1. The summed E-state index contributed by atoms with van der Waals surface area (Å²) in [4.78, 5) is 28.1. The van der Waals surface area contributed by atoms with Gasteiger partial charge in [-0.3, -0.25) is 13.9 Å². The number of methoxy groups -OCH3 is 1. The van der Waals surface area contributed by atoms with Gasteiger partial charge in [-0.2, -0.15) is 0 Å². The highest BCUT2D eigenvalue weighted by Crippen LogP contribution is 2.21. The normalized spacial score (nSPS) is 12.5. The zero-order valence-corrected chi connectivity index (χ0v) is 21.9. The van der Waals surface area contributed by atoms with E-state index >= 15 is 0 Å². The molecule has 0 aliphatic heterocycles. The highest BCUT2D eigenvalue weighted by molar-refractivity contribution is 7.92. The Labute approximate surface area is 207 Å². The zero-order chi connectivity index (χ0) is 26.4. The molecule has 192 valence electrons. The van der Waals surface area contributed by atoms with Crippen molar-refractivity contribution in [2.24, 2.45) is 0 Å². The predicted octanol–water partition coefficient (Wildman–Crippen LogP) is 3.32. The summed E-state index contributed by atoms with van der Waals surface area (Å²) in [6.45, 7) is 6.82. The van der Waals surface area contributed by atoms with Crippen molar-refractivity contribution in [2.45, 2.75) is 52.2 Å². The van der Waals surface area contributed by atoms with Crippen LogP contribution in [0.15, 0.2) is 48.5 Å². The molecule has 0 fully saturated rings. The minimum Gasteiger partial charge on any atom is -0.497 e. The van der Waals surface area contributed by atoms with E-state index in [1.54, 1.807) is 31.2 Å². The summed E-state index contributed by atoms with van der Waals surface area (Å²) in [5, 5.41) is 2.90. The predicted molar refractivity (Wildman–Crippen MR) is 134 cm³/mol. The van der Waals surface area contributed by atoms with Gasteiger partial charge in [0.15, 0.2) is 0 Å². The number of sulfonamides is 1. The van der Waals surface area contributed by atoms with Crippen molar-refractivity contribution < 1.29 is 27.1 Å². The summed E-state index contributed by atoms with van der Waals surface area (Å²) in [5.74, 6) is -0.855. The fourth-order valence-electron chi connectivity index (χ4n) is 3.56. The molecule has 0 saturated heterocycles. The third-order valence-corrected chi connectivity index (χ3v) is 6.31. The maximum atomic E-state index is 13.6. The highest BCUT2D eigenvalue weighted by atomic mass is 32.2. The van der Waals surface area contributed by atoms with Gasteiger partial charge in [0, 0.05) is 12.1 Å². The summed E-state index contributed by atoms with van der Waals surface area (Å²) in [5.41, 5.74) is 0.338. The Kier molecular flexibility index (Phi) is 9.25. The molecule has 0 unspecified atom stereocenters. The molecule has 8 nitrogen and oxygen atoms in total. The van der Waals surface area contributed by atoms with Gasteiger partial charge in [-0.05, 0) is 69.2 Å². The van der Waals surface area contributed by atoms with Crippen LogP contribution in [0.4, 0.5) is 10.1 Å². The number of carbonyl (C=O) groups excluding carboxylic acids is 2. The van der Waals surface area contributed by atoms with Crippen LogP contribution in [-0.4, -0.2) is 56.6 Å². The molecule has 0 aliphatic carbocycles. The van der Waals surface area contributed by atoms with Gasteiger partial charge in [-0.1, -0.05) is 19.1 Å². The van der Waals surface area contributed by atoms with Crippen LogP contribution in [0.25, 0.3) is 0 Å². The standard InChI is InChI=1S/C25H34FN3O5S/c1-7-22(24(31)27-25(2,3)4)28(16-18-9-8-10-21(15-18)34-5)23(30)17-29(35(6,32)33)20-13-11-19(26)12-14-20/h8-15,22H,7,16-17H2,1-6H3,(H,27,31)/t22-/m1/s1. The third kappa shape index (κ3) is 8.24. The van der Waals surface area contributed by atoms with E-state index in [9.17, 15) is 22.4 Å². The second-order valence-electron chi connectivity index (χ2n) is 9.28. The van der Waals surface area contributed by atoms with Crippen LogP contribution in [0.5, 0.6) is 5.75 Å². The number of ether oxygens (including phenoxy) is 1. The molecule has 2 amide bonds. The van der Waals surface area contributed by atoms with Gasteiger partial charge in [0.25, 0.3) is 0 Å². The molecule has 0 bridgehead atoms. The summed E-state index contributed by atoms with van der Waals surface area (Å²) >= 11 is 0. The summed E-state index contributed by atoms with van der Waals surface area (Å²) in [7, 11) is -2.35. The molecule has 0 saturated carbocycles. The maximum absolute atomic E-state index is 13.6. The summed E-state index contributed by atoms with van der Waals surface area (Å²) < 4.78 is 44.7. The fraction of sp³-hybridized carbons (Fsp3) is 0.440. The van der Waals surface area contributed by atoms with E-state index in [0.717, 1.165) is 22.7 Å². The molecule has 1 atom stereocenters. The van der Waals surface area contributed by atoms with E-state index in [0.29, 0.717) is 17.7 Å². The van der Waals surface area contributed by atoms with Crippen molar-refractivity contribution >= 4 is 27.5 Å². The minimum atomic E-state index is -3.88. The average Bonchev–Trinajstić information content (AvgIpc) is 2.76. The largest absolute Gasteiger partial charge is 0.497 e. The van der Waals surface area contributed by atoms with Crippen LogP contribution in [-0.2, 0) is 26.2 Å². The van der Waals surface area contributed by atoms with Gasteiger partial charge in [-0.25, -0.2) is 12.8 Å². The Balaban J connectivity index is 2.46. The first-order chi connectivity index (χ1) is 16.2. The second-order valence-corrected chi connectivity index (χ2v) is 11.2. The van der Waals surface area contributed by atoms with Gasteiger partial charge in [0.2, 0.25) is 21.8 Å². The Morgan fingerprint density at radius 3 is 2.26 bits per heavy atom. The molecule has 10 heteroatoms. The van der Waals surface area contributed by atoms with E-state index in [4.69, 9.17) is 4.74 Å². The number of anilines is 1. The van der Waals surface area contributed by atoms with E-state index < -0.39 is 39.9 Å². The number of amides is 2. The molecule has 0 spiro atoms. The quantitative estimate of drug-likeness (QED) is 0.532. The van der Waals surface area contributed by atoms with Crippen molar-refractivity contribution in [3.63, 3.8) is 0 Å². The van der Waals surface area contributed by atoms with Crippen molar-refractivity contribution in [1.82, 2.24) is 10.2 Å². The molecule has 0 radical (unpaired) electrons. The lowest BCUT2D eigenvalue weighted by Crippen LogP contribution is -2.55. The van der Waals surface area contributed by atoms with Crippen molar-refractivity contribution in [3.8, 4) is 5.75 Å². The topological polar surface area (TPSA) is 96.0 Å². The lowest BCUT2D eigenvalue weighted by Gasteiger charge is -2.34. The van der Waals surface area contributed by atoms with Gasteiger partial charge >= 0.3 is 0 Å². The molecule has 2 aromatic carbocycles. The first-order valence-electron chi connectivity index (χ1n) is 11.2. The third-order valence-electron chi connectivity index (χ3n) is 5.16. The Hall–Kier alpha value is -3.14. The Morgan fingerprint density at radius 2 is 1.74 bits per heavy atom. The van der Waals surface area contributed by atoms with Crippen LogP contribution in [0.1, 0.15) is 39.7 Å². The van der Waals surface area contributed by atoms with Crippen LogP contribution >= 0.6 is 0 Å². The monoisotopic (exact) mass is 507 g/mol. The number of nitrogens with zero attached hydrogens (tertiary/aromatic N) is 2. The average molecular weight is 508 g/mol. The van der Waals surface area contributed by atoms with E-state index in [2.05, 4.69) is 5.32 Å². The number of hydrogen-bond acceptors (Lipinski definition) is 5. The number of hydrogen-bond donors (Lipinski definition) is 1. The van der Waals surface area contributed by atoms with Gasteiger partial charge in [-0.15, -0.1) is 0 Å². The molecule has 35 heavy (non-hydrogen) atoms. The number of benzene rings is 2. The van der Waals surface area contributed by atoms with Crippen molar-refractivity contribution in [1.29, 1.82) is 0 Å². The molecule has 0 aromatic heterocycles. The van der Waals surface area contributed by atoms with Gasteiger partial charge < -0.3 is 15.0 Å². The first-order valence-corrected chi connectivity index (χ1v) is 13.1. The summed E-state index contributed by atoms with van der Waals surface area (Å²) in [6.07, 6.45) is 1.28. The van der Waals surface area contributed by atoms with E-state index in [-0.39, 0.29) is 18.1 Å². The van der Waals surface area contributed by atoms with Crippen LogP contribution < -0.4 is 14.4 Å². The van der Waals surface area contributed by atoms with Gasteiger partial charge in [0.1, 0.15) is 24.2 Å².